The molecule has 0 aromatic carbocycles. The quantitative estimate of drug-likeness (QED) is 0.863. The first kappa shape index (κ1) is 11.7. The van der Waals surface area contributed by atoms with E-state index in [1.165, 1.54) is 11.3 Å². The molecular formula is C9H15NO2S2. The summed E-state index contributed by atoms with van der Waals surface area (Å²) in [5, 5.41) is 0. The van der Waals surface area contributed by atoms with Crippen LogP contribution in [-0.4, -0.2) is 14.5 Å². The molecule has 0 saturated carbocycles. The van der Waals surface area contributed by atoms with E-state index in [1.807, 2.05) is 32.9 Å². The van der Waals surface area contributed by atoms with Gasteiger partial charge in [-0.05, 0) is 32.9 Å². The van der Waals surface area contributed by atoms with Crippen molar-refractivity contribution in [2.75, 3.05) is 0 Å². The van der Waals surface area contributed by atoms with Gasteiger partial charge in [-0.15, -0.1) is 11.3 Å². The lowest BCUT2D eigenvalue weighted by molar-refractivity contribution is 0.569. The smallest absolute Gasteiger partial charge is 0.212 e. The largest absolute Gasteiger partial charge is 0.216 e. The first-order chi connectivity index (χ1) is 6.39. The lowest BCUT2D eigenvalue weighted by Crippen LogP contribution is -2.31. The van der Waals surface area contributed by atoms with Crippen LogP contribution in [0.15, 0.2) is 12.1 Å². The van der Waals surface area contributed by atoms with Crippen molar-refractivity contribution in [2.24, 2.45) is 0 Å². The predicted molar refractivity (Wildman–Crippen MR) is 60.0 cm³/mol. The Hall–Kier alpha value is -0.390. The van der Waals surface area contributed by atoms with Crippen molar-refractivity contribution in [3.63, 3.8) is 0 Å². The number of rotatable bonds is 4. The second kappa shape index (κ2) is 4.42. The lowest BCUT2D eigenvalue weighted by atomic mass is 10.4. The van der Waals surface area contributed by atoms with Crippen LogP contribution in [0.4, 0.5) is 0 Å². The van der Waals surface area contributed by atoms with Crippen molar-refractivity contribution >= 4 is 21.4 Å². The Labute approximate surface area is 89.2 Å². The number of hydrogen-bond acceptors (Lipinski definition) is 3. The Balaban J connectivity index is 2.69. The molecule has 0 unspecified atom stereocenters. The Morgan fingerprint density at radius 1 is 1.43 bits per heavy atom. The van der Waals surface area contributed by atoms with Crippen LogP contribution in [0.2, 0.25) is 0 Å². The zero-order chi connectivity index (χ0) is 10.8. The Kier molecular flexibility index (Phi) is 3.69. The summed E-state index contributed by atoms with van der Waals surface area (Å²) in [6.07, 6.45) is 0. The molecule has 80 valence electrons. The van der Waals surface area contributed by atoms with Crippen molar-refractivity contribution in [3.05, 3.63) is 21.9 Å². The van der Waals surface area contributed by atoms with Crippen molar-refractivity contribution in [1.29, 1.82) is 0 Å². The van der Waals surface area contributed by atoms with Crippen LogP contribution in [0.1, 0.15) is 23.6 Å². The van der Waals surface area contributed by atoms with E-state index in [-0.39, 0.29) is 11.8 Å². The van der Waals surface area contributed by atoms with E-state index in [0.29, 0.717) is 0 Å². The van der Waals surface area contributed by atoms with Gasteiger partial charge in [-0.2, -0.15) is 0 Å². The minimum Gasteiger partial charge on any atom is -0.212 e. The zero-order valence-corrected chi connectivity index (χ0v) is 10.2. The fraction of sp³-hybridized carbons (Fsp3) is 0.556. The molecule has 1 N–H and O–H groups in total. The van der Waals surface area contributed by atoms with Crippen LogP contribution < -0.4 is 4.72 Å². The molecule has 0 spiro atoms. The van der Waals surface area contributed by atoms with Gasteiger partial charge in [0.15, 0.2) is 0 Å². The highest BCUT2D eigenvalue weighted by molar-refractivity contribution is 7.88. The van der Waals surface area contributed by atoms with E-state index >= 15 is 0 Å². The molecule has 0 saturated heterocycles. The third-order valence-corrected chi connectivity index (χ3v) is 4.25. The Morgan fingerprint density at radius 3 is 2.50 bits per heavy atom. The maximum Gasteiger partial charge on any atom is 0.216 e. The van der Waals surface area contributed by atoms with Crippen LogP contribution in [0, 0.1) is 6.92 Å². The second-order valence-corrected chi connectivity index (χ2v) is 6.67. The third kappa shape index (κ3) is 3.77. The molecule has 1 aromatic heterocycles. The highest BCUT2D eigenvalue weighted by Crippen LogP contribution is 2.17. The third-order valence-electron chi connectivity index (χ3n) is 1.54. The number of thiophene rings is 1. The highest BCUT2D eigenvalue weighted by Gasteiger charge is 2.13. The minimum absolute atomic E-state index is 0.0407. The SMILES string of the molecule is Cc1ccc(CS(=O)(=O)NC(C)C)s1. The lowest BCUT2D eigenvalue weighted by Gasteiger charge is -2.07. The molecule has 0 aliphatic heterocycles. The second-order valence-electron chi connectivity index (χ2n) is 3.54. The van der Waals surface area contributed by atoms with Gasteiger partial charge in [-0.1, -0.05) is 0 Å². The van der Waals surface area contributed by atoms with Crippen LogP contribution in [0.25, 0.3) is 0 Å². The maximum atomic E-state index is 11.5. The molecule has 1 rings (SSSR count). The topological polar surface area (TPSA) is 46.2 Å². The summed E-state index contributed by atoms with van der Waals surface area (Å²) in [6, 6.07) is 3.76. The Morgan fingerprint density at radius 2 is 2.07 bits per heavy atom. The highest BCUT2D eigenvalue weighted by atomic mass is 32.2. The van der Waals surface area contributed by atoms with Crippen LogP contribution in [0.5, 0.6) is 0 Å². The minimum atomic E-state index is -3.16. The fourth-order valence-corrected chi connectivity index (χ4v) is 3.81. The molecule has 0 bridgehead atoms. The number of hydrogen-bond donors (Lipinski definition) is 1. The average Bonchev–Trinajstić information content (AvgIpc) is 2.30. The monoisotopic (exact) mass is 233 g/mol. The normalized spacial score (nSPS) is 12.3. The Bertz CT molecular complexity index is 393. The zero-order valence-electron chi connectivity index (χ0n) is 8.57. The van der Waals surface area contributed by atoms with Crippen molar-refractivity contribution in [1.82, 2.24) is 4.72 Å². The van der Waals surface area contributed by atoms with Gasteiger partial charge in [0.1, 0.15) is 0 Å². The fourth-order valence-electron chi connectivity index (χ4n) is 1.15. The number of sulfonamides is 1. The molecule has 1 heterocycles. The molecule has 5 heteroatoms. The summed E-state index contributed by atoms with van der Waals surface area (Å²) in [5.74, 6) is 0.0870. The molecule has 14 heavy (non-hydrogen) atoms. The first-order valence-corrected chi connectivity index (χ1v) is 6.91. The summed E-state index contributed by atoms with van der Waals surface area (Å²) in [6.45, 7) is 5.60. The van der Waals surface area contributed by atoms with Gasteiger partial charge in [0.25, 0.3) is 0 Å². The van der Waals surface area contributed by atoms with E-state index in [4.69, 9.17) is 0 Å². The van der Waals surface area contributed by atoms with Gasteiger partial charge in [0.05, 0.1) is 5.75 Å². The van der Waals surface area contributed by atoms with E-state index < -0.39 is 10.0 Å². The van der Waals surface area contributed by atoms with Crippen LogP contribution >= 0.6 is 11.3 Å². The average molecular weight is 233 g/mol. The molecular weight excluding hydrogens is 218 g/mol. The molecule has 0 atom stereocenters. The van der Waals surface area contributed by atoms with Gasteiger partial charge in [0, 0.05) is 15.8 Å². The first-order valence-electron chi connectivity index (χ1n) is 4.44. The van der Waals surface area contributed by atoms with Crippen molar-refractivity contribution in [3.8, 4) is 0 Å². The summed E-state index contributed by atoms with van der Waals surface area (Å²) in [5.41, 5.74) is 0. The summed E-state index contributed by atoms with van der Waals surface area (Å²) in [4.78, 5) is 2.02. The van der Waals surface area contributed by atoms with Gasteiger partial charge in [0.2, 0.25) is 10.0 Å². The van der Waals surface area contributed by atoms with Gasteiger partial charge in [-0.3, -0.25) is 0 Å². The molecule has 0 amide bonds. The molecule has 3 nitrogen and oxygen atoms in total. The van der Waals surface area contributed by atoms with E-state index in [9.17, 15) is 8.42 Å². The molecule has 0 aliphatic carbocycles. The summed E-state index contributed by atoms with van der Waals surface area (Å²) >= 11 is 1.52. The van der Waals surface area contributed by atoms with Gasteiger partial charge < -0.3 is 0 Å². The molecule has 0 aliphatic rings. The number of nitrogens with one attached hydrogen (secondary N) is 1. The van der Waals surface area contributed by atoms with E-state index in [1.54, 1.807) is 0 Å². The van der Waals surface area contributed by atoms with Crippen molar-refractivity contribution < 1.29 is 8.42 Å². The number of aryl methyl sites for hydroxylation is 1. The molecule has 1 aromatic rings. The molecule has 0 fully saturated rings. The van der Waals surface area contributed by atoms with Crippen LogP contribution in [-0.2, 0) is 15.8 Å². The standard InChI is InChI=1S/C9H15NO2S2/c1-7(2)10-14(11,12)6-9-5-4-8(3)13-9/h4-5,7,10H,6H2,1-3H3. The maximum absolute atomic E-state index is 11.5. The van der Waals surface area contributed by atoms with E-state index in [0.717, 1.165) is 9.75 Å². The van der Waals surface area contributed by atoms with Crippen molar-refractivity contribution in [2.45, 2.75) is 32.6 Å². The summed E-state index contributed by atoms with van der Waals surface area (Å²) in [7, 11) is -3.16. The van der Waals surface area contributed by atoms with Gasteiger partial charge >= 0.3 is 0 Å². The molecule has 0 radical (unpaired) electrons. The van der Waals surface area contributed by atoms with Crippen LogP contribution in [0.3, 0.4) is 0 Å². The predicted octanol–water partition coefficient (Wildman–Crippen LogP) is 1.88. The summed E-state index contributed by atoms with van der Waals surface area (Å²) < 4.78 is 25.6. The van der Waals surface area contributed by atoms with E-state index in [2.05, 4.69) is 4.72 Å². The van der Waals surface area contributed by atoms with Gasteiger partial charge in [-0.25, -0.2) is 13.1 Å².